The van der Waals surface area contributed by atoms with Gasteiger partial charge in [-0.05, 0) is 31.0 Å². The molecule has 2 N–H and O–H groups in total. The lowest BCUT2D eigenvalue weighted by Gasteiger charge is -2.20. The minimum atomic E-state index is 0. The zero-order chi connectivity index (χ0) is 16.5. The summed E-state index contributed by atoms with van der Waals surface area (Å²) in [6, 6.07) is 3.82. The molecule has 0 unspecified atom stereocenters. The van der Waals surface area contributed by atoms with Gasteiger partial charge in [0.2, 0.25) is 0 Å². The van der Waals surface area contributed by atoms with Crippen LogP contribution in [0.25, 0.3) is 0 Å². The van der Waals surface area contributed by atoms with Gasteiger partial charge in [-0.25, -0.2) is 0 Å². The van der Waals surface area contributed by atoms with Crippen molar-refractivity contribution in [2.75, 3.05) is 40.0 Å². The summed E-state index contributed by atoms with van der Waals surface area (Å²) in [7, 11) is 1.74. The van der Waals surface area contributed by atoms with Crippen molar-refractivity contribution >= 4 is 41.5 Å². The molecule has 0 aromatic heterocycles. The Hall–Kier alpha value is -0.930. The molecular formula is C16H25ClIN3O3. The Kier molecular flexibility index (Phi) is 10.2. The van der Waals surface area contributed by atoms with Gasteiger partial charge in [-0.2, -0.15) is 0 Å². The quantitative estimate of drug-likeness (QED) is 0.278. The number of rotatable bonds is 7. The highest BCUT2D eigenvalue weighted by Crippen LogP contribution is 2.38. The first-order valence-corrected chi connectivity index (χ1v) is 8.22. The van der Waals surface area contributed by atoms with Crippen molar-refractivity contribution in [3.8, 4) is 11.5 Å². The molecule has 0 atom stereocenters. The lowest BCUT2D eigenvalue weighted by Crippen LogP contribution is -2.37. The van der Waals surface area contributed by atoms with Crippen molar-refractivity contribution in [3.63, 3.8) is 0 Å². The van der Waals surface area contributed by atoms with Gasteiger partial charge in [-0.3, -0.25) is 4.99 Å². The molecule has 1 heterocycles. The first-order chi connectivity index (χ1) is 11.2. The smallest absolute Gasteiger partial charge is 0.191 e. The fraction of sp³-hybridized carbons (Fsp3) is 0.562. The third-order valence-electron chi connectivity index (χ3n) is 3.30. The molecule has 2 rings (SSSR count). The zero-order valence-electron chi connectivity index (χ0n) is 14.1. The largest absolute Gasteiger partial charge is 0.486 e. The van der Waals surface area contributed by atoms with Gasteiger partial charge in [0.05, 0.1) is 5.02 Å². The van der Waals surface area contributed by atoms with Gasteiger partial charge < -0.3 is 24.8 Å². The van der Waals surface area contributed by atoms with Gasteiger partial charge in [0.1, 0.15) is 13.2 Å². The molecule has 0 saturated carbocycles. The Morgan fingerprint density at radius 3 is 2.83 bits per heavy atom. The summed E-state index contributed by atoms with van der Waals surface area (Å²) in [6.45, 7) is 5.97. The highest BCUT2D eigenvalue weighted by Gasteiger charge is 2.16. The van der Waals surface area contributed by atoms with Crippen LogP contribution in [0.2, 0.25) is 5.02 Å². The lowest BCUT2D eigenvalue weighted by molar-refractivity contribution is 0.145. The Labute approximate surface area is 165 Å². The van der Waals surface area contributed by atoms with Gasteiger partial charge in [-0.1, -0.05) is 11.6 Å². The standard InChI is InChI=1S/C16H24ClN3O3.HI/c1-3-21-6-4-5-19-16(18-2)20-11-12-9-13(17)15-14(10-12)22-7-8-23-15;/h9-10H,3-8,11H2,1-2H3,(H2,18,19,20);1H. The first kappa shape index (κ1) is 21.1. The topological polar surface area (TPSA) is 64.1 Å². The van der Waals surface area contributed by atoms with E-state index in [1.165, 1.54) is 0 Å². The van der Waals surface area contributed by atoms with E-state index in [0.29, 0.717) is 36.3 Å². The number of fused-ring (bicyclic) bond motifs is 1. The molecule has 1 aliphatic heterocycles. The molecule has 8 heteroatoms. The number of nitrogens with one attached hydrogen (secondary N) is 2. The molecule has 24 heavy (non-hydrogen) atoms. The normalized spacial score (nSPS) is 13.2. The summed E-state index contributed by atoms with van der Waals surface area (Å²) in [5.41, 5.74) is 1.01. The van der Waals surface area contributed by atoms with E-state index in [0.717, 1.165) is 37.7 Å². The number of guanidine groups is 1. The molecule has 0 bridgehead atoms. The summed E-state index contributed by atoms with van der Waals surface area (Å²) < 4.78 is 16.4. The van der Waals surface area contributed by atoms with Crippen molar-refractivity contribution in [2.45, 2.75) is 19.9 Å². The van der Waals surface area contributed by atoms with Crippen LogP contribution in [0, 0.1) is 0 Å². The summed E-state index contributed by atoms with van der Waals surface area (Å²) >= 11 is 6.24. The number of ether oxygens (including phenoxy) is 3. The number of hydrogen-bond donors (Lipinski definition) is 2. The molecule has 0 saturated heterocycles. The van der Waals surface area contributed by atoms with Gasteiger partial charge >= 0.3 is 0 Å². The number of aliphatic imine (C=N–C) groups is 1. The van der Waals surface area contributed by atoms with Crippen LogP contribution in [0.4, 0.5) is 0 Å². The summed E-state index contributed by atoms with van der Waals surface area (Å²) in [6.07, 6.45) is 0.935. The van der Waals surface area contributed by atoms with E-state index in [1.807, 2.05) is 19.1 Å². The van der Waals surface area contributed by atoms with Crippen LogP contribution in [0.15, 0.2) is 17.1 Å². The van der Waals surface area contributed by atoms with Crippen molar-refractivity contribution in [1.29, 1.82) is 0 Å². The van der Waals surface area contributed by atoms with Crippen LogP contribution in [0.3, 0.4) is 0 Å². The molecule has 1 aliphatic rings. The average molecular weight is 470 g/mol. The number of halogens is 2. The second kappa shape index (κ2) is 11.6. The minimum Gasteiger partial charge on any atom is -0.486 e. The van der Waals surface area contributed by atoms with E-state index >= 15 is 0 Å². The highest BCUT2D eigenvalue weighted by atomic mass is 127. The van der Waals surface area contributed by atoms with Crippen LogP contribution in [0.1, 0.15) is 18.9 Å². The van der Waals surface area contributed by atoms with Crippen molar-refractivity contribution in [1.82, 2.24) is 10.6 Å². The second-order valence-electron chi connectivity index (χ2n) is 5.00. The Balaban J connectivity index is 0.00000288. The molecule has 1 aromatic carbocycles. The monoisotopic (exact) mass is 469 g/mol. The Morgan fingerprint density at radius 1 is 1.29 bits per heavy atom. The maximum absolute atomic E-state index is 6.24. The lowest BCUT2D eigenvalue weighted by atomic mass is 10.2. The predicted octanol–water partition coefficient (Wildman–Crippen LogP) is 2.82. The molecule has 1 aromatic rings. The van der Waals surface area contributed by atoms with Crippen LogP contribution < -0.4 is 20.1 Å². The van der Waals surface area contributed by atoms with Crippen LogP contribution >= 0.6 is 35.6 Å². The SMILES string of the molecule is CCOCCCNC(=NC)NCc1cc(Cl)c2c(c1)OCCO2.I. The van der Waals surface area contributed by atoms with E-state index in [4.69, 9.17) is 25.8 Å². The van der Waals surface area contributed by atoms with Crippen LogP contribution in [0.5, 0.6) is 11.5 Å². The van der Waals surface area contributed by atoms with Crippen molar-refractivity contribution < 1.29 is 14.2 Å². The number of nitrogens with zero attached hydrogens (tertiary/aromatic N) is 1. The number of benzene rings is 1. The molecule has 0 amide bonds. The number of hydrogen-bond acceptors (Lipinski definition) is 4. The molecule has 136 valence electrons. The summed E-state index contributed by atoms with van der Waals surface area (Å²) in [4.78, 5) is 4.20. The van der Waals surface area contributed by atoms with Gasteiger partial charge in [0.15, 0.2) is 17.5 Å². The fourth-order valence-electron chi connectivity index (χ4n) is 2.20. The van der Waals surface area contributed by atoms with Crippen LogP contribution in [-0.4, -0.2) is 46.0 Å². The van der Waals surface area contributed by atoms with E-state index in [-0.39, 0.29) is 24.0 Å². The maximum atomic E-state index is 6.24. The first-order valence-electron chi connectivity index (χ1n) is 7.85. The van der Waals surface area contributed by atoms with E-state index in [9.17, 15) is 0 Å². The van der Waals surface area contributed by atoms with E-state index in [2.05, 4.69) is 15.6 Å². The highest BCUT2D eigenvalue weighted by molar-refractivity contribution is 14.0. The molecule has 0 radical (unpaired) electrons. The van der Waals surface area contributed by atoms with Gasteiger partial charge in [-0.15, -0.1) is 24.0 Å². The predicted molar refractivity (Wildman–Crippen MR) is 107 cm³/mol. The average Bonchev–Trinajstić information content (AvgIpc) is 2.57. The molecule has 0 aliphatic carbocycles. The summed E-state index contributed by atoms with van der Waals surface area (Å²) in [5.74, 6) is 2.06. The Morgan fingerprint density at radius 2 is 2.08 bits per heavy atom. The molecule has 0 spiro atoms. The molecule has 6 nitrogen and oxygen atoms in total. The summed E-state index contributed by atoms with van der Waals surface area (Å²) in [5, 5.41) is 7.07. The van der Waals surface area contributed by atoms with E-state index in [1.54, 1.807) is 7.05 Å². The third-order valence-corrected chi connectivity index (χ3v) is 3.58. The fourth-order valence-corrected chi connectivity index (χ4v) is 2.49. The zero-order valence-corrected chi connectivity index (χ0v) is 17.1. The van der Waals surface area contributed by atoms with Gasteiger partial charge in [0, 0.05) is 33.4 Å². The molecule has 0 fully saturated rings. The third kappa shape index (κ3) is 6.52. The molecular weight excluding hydrogens is 445 g/mol. The Bertz CT molecular complexity index is 544. The van der Waals surface area contributed by atoms with E-state index < -0.39 is 0 Å². The van der Waals surface area contributed by atoms with Crippen LogP contribution in [-0.2, 0) is 11.3 Å². The maximum Gasteiger partial charge on any atom is 0.191 e. The van der Waals surface area contributed by atoms with Gasteiger partial charge in [0.25, 0.3) is 0 Å². The minimum absolute atomic E-state index is 0. The van der Waals surface area contributed by atoms with Crippen molar-refractivity contribution in [3.05, 3.63) is 22.7 Å². The second-order valence-corrected chi connectivity index (χ2v) is 5.41. The van der Waals surface area contributed by atoms with Crippen molar-refractivity contribution in [2.24, 2.45) is 4.99 Å².